The summed E-state index contributed by atoms with van der Waals surface area (Å²) in [5.74, 6) is -1.32. The summed E-state index contributed by atoms with van der Waals surface area (Å²) >= 11 is 3.28. The molecule has 3 aromatic rings. The van der Waals surface area contributed by atoms with Crippen molar-refractivity contribution in [2.75, 3.05) is 11.9 Å². The lowest BCUT2D eigenvalue weighted by molar-refractivity contribution is -0.143. The van der Waals surface area contributed by atoms with Gasteiger partial charge in [-0.2, -0.15) is 0 Å². The van der Waals surface area contributed by atoms with Gasteiger partial charge in [0.25, 0.3) is 5.91 Å². The van der Waals surface area contributed by atoms with Crippen LogP contribution in [0.25, 0.3) is 11.0 Å². The summed E-state index contributed by atoms with van der Waals surface area (Å²) in [6.07, 6.45) is 0. The molecule has 154 valence electrons. The third-order valence-electron chi connectivity index (χ3n) is 4.04. The quantitative estimate of drug-likeness (QED) is 0.420. The highest BCUT2D eigenvalue weighted by atomic mass is 79.9. The molecule has 2 aromatic carbocycles. The van der Waals surface area contributed by atoms with E-state index in [4.69, 9.17) is 9.15 Å². The first-order chi connectivity index (χ1) is 14.3. The molecule has 3 rings (SSSR count). The van der Waals surface area contributed by atoms with Crippen molar-refractivity contribution in [2.45, 2.75) is 13.5 Å². The number of hydrogen-bond donors (Lipinski definition) is 2. The molecule has 0 unspecified atom stereocenters. The number of carbonyl (C=O) groups excluding carboxylic acids is 3. The van der Waals surface area contributed by atoms with Gasteiger partial charge in [-0.1, -0.05) is 15.9 Å². The molecule has 2 N–H and O–H groups in total. The second-order valence-corrected chi connectivity index (χ2v) is 7.25. The van der Waals surface area contributed by atoms with Gasteiger partial charge in [0, 0.05) is 45.7 Å². The zero-order chi connectivity index (χ0) is 21.7. The molecule has 0 bridgehead atoms. The molecular weight excluding hydrogens is 456 g/mol. The van der Waals surface area contributed by atoms with E-state index in [9.17, 15) is 19.2 Å². The lowest BCUT2D eigenvalue weighted by Crippen LogP contribution is -2.30. The van der Waals surface area contributed by atoms with E-state index in [1.54, 1.807) is 36.4 Å². The Hall–Kier alpha value is -3.46. The van der Waals surface area contributed by atoms with Crippen molar-refractivity contribution in [3.8, 4) is 0 Å². The number of esters is 1. The molecule has 0 saturated carbocycles. The maximum Gasteiger partial charge on any atom is 0.336 e. The average molecular weight is 473 g/mol. The van der Waals surface area contributed by atoms with Crippen molar-refractivity contribution in [1.82, 2.24) is 5.32 Å². The Bertz CT molecular complexity index is 1170. The predicted molar refractivity (Wildman–Crippen MR) is 113 cm³/mol. The van der Waals surface area contributed by atoms with Crippen molar-refractivity contribution >= 4 is 50.4 Å². The number of hydrogen-bond acceptors (Lipinski definition) is 6. The maximum atomic E-state index is 12.0. The Morgan fingerprint density at radius 2 is 1.80 bits per heavy atom. The lowest BCUT2D eigenvalue weighted by Gasteiger charge is -2.09. The van der Waals surface area contributed by atoms with Gasteiger partial charge in [-0.05, 0) is 36.4 Å². The first-order valence-electron chi connectivity index (χ1n) is 8.85. The minimum atomic E-state index is -0.656. The molecule has 0 atom stereocenters. The van der Waals surface area contributed by atoms with Crippen LogP contribution in [-0.2, 0) is 20.9 Å². The van der Waals surface area contributed by atoms with Gasteiger partial charge in [-0.15, -0.1) is 0 Å². The van der Waals surface area contributed by atoms with Crippen LogP contribution < -0.4 is 16.3 Å². The van der Waals surface area contributed by atoms with E-state index in [-0.39, 0.29) is 24.6 Å². The number of halogens is 1. The Balaban J connectivity index is 1.63. The number of anilines is 1. The Kier molecular flexibility index (Phi) is 6.63. The van der Waals surface area contributed by atoms with E-state index >= 15 is 0 Å². The number of fused-ring (bicyclic) bond motifs is 1. The van der Waals surface area contributed by atoms with Crippen molar-refractivity contribution in [3.63, 3.8) is 0 Å². The second-order valence-electron chi connectivity index (χ2n) is 6.33. The van der Waals surface area contributed by atoms with Crippen LogP contribution in [0.15, 0.2) is 62.2 Å². The molecule has 0 spiro atoms. The molecule has 0 radical (unpaired) electrons. The van der Waals surface area contributed by atoms with E-state index in [1.807, 2.05) is 0 Å². The Labute approximate surface area is 179 Å². The molecule has 1 aromatic heterocycles. The zero-order valence-corrected chi connectivity index (χ0v) is 17.4. The summed E-state index contributed by atoms with van der Waals surface area (Å²) in [5, 5.41) is 5.65. The smallest absolute Gasteiger partial charge is 0.336 e. The Morgan fingerprint density at radius 1 is 1.07 bits per heavy atom. The third kappa shape index (κ3) is 5.54. The van der Waals surface area contributed by atoms with Crippen molar-refractivity contribution in [1.29, 1.82) is 0 Å². The normalized spacial score (nSPS) is 10.5. The molecule has 0 saturated heterocycles. The molecule has 8 nitrogen and oxygen atoms in total. The number of nitrogens with one attached hydrogen (secondary N) is 2. The van der Waals surface area contributed by atoms with Crippen LogP contribution in [-0.4, -0.2) is 24.3 Å². The number of rotatable bonds is 6. The summed E-state index contributed by atoms with van der Waals surface area (Å²) in [6, 6.07) is 12.7. The number of amides is 2. The molecule has 0 aliphatic heterocycles. The van der Waals surface area contributed by atoms with Gasteiger partial charge in [0.05, 0.1) is 0 Å². The summed E-state index contributed by atoms with van der Waals surface area (Å²) in [5.41, 5.74) is 0.971. The molecule has 0 fully saturated rings. The summed E-state index contributed by atoms with van der Waals surface area (Å²) in [7, 11) is 0. The van der Waals surface area contributed by atoms with Crippen LogP contribution in [0.1, 0.15) is 22.8 Å². The average Bonchev–Trinajstić information content (AvgIpc) is 2.70. The fourth-order valence-electron chi connectivity index (χ4n) is 2.70. The fourth-order valence-corrected chi connectivity index (χ4v) is 2.96. The van der Waals surface area contributed by atoms with E-state index < -0.39 is 17.5 Å². The summed E-state index contributed by atoms with van der Waals surface area (Å²) < 4.78 is 11.2. The highest BCUT2D eigenvalue weighted by Crippen LogP contribution is 2.22. The van der Waals surface area contributed by atoms with Crippen LogP contribution in [0.3, 0.4) is 0 Å². The summed E-state index contributed by atoms with van der Waals surface area (Å²) in [6.45, 7) is 0.876. The molecular formula is C21H17BrN2O6. The van der Waals surface area contributed by atoms with Gasteiger partial charge < -0.3 is 19.8 Å². The van der Waals surface area contributed by atoms with Gasteiger partial charge in [0.2, 0.25) is 5.91 Å². The molecule has 1 heterocycles. The van der Waals surface area contributed by atoms with E-state index in [1.165, 1.54) is 19.1 Å². The standard InChI is InChI=1S/C21H17BrN2O6/c1-12(25)24-16-6-7-17-14(8-19(26)30-18(17)9-16)11-29-20(27)10-23-21(28)13-2-4-15(22)5-3-13/h2-9H,10-11H2,1H3,(H,23,28)(H,24,25). The van der Waals surface area contributed by atoms with E-state index in [2.05, 4.69) is 26.6 Å². The highest BCUT2D eigenvalue weighted by molar-refractivity contribution is 9.10. The number of benzene rings is 2. The van der Waals surface area contributed by atoms with Crippen molar-refractivity contribution in [3.05, 3.63) is 74.6 Å². The fraction of sp³-hybridized carbons (Fsp3) is 0.143. The maximum absolute atomic E-state index is 12.0. The van der Waals surface area contributed by atoms with Crippen molar-refractivity contribution < 1.29 is 23.5 Å². The number of ether oxygens (including phenoxy) is 1. The van der Waals surface area contributed by atoms with Gasteiger partial charge in [-0.25, -0.2) is 4.79 Å². The number of carbonyl (C=O) groups is 3. The minimum Gasteiger partial charge on any atom is -0.459 e. The van der Waals surface area contributed by atoms with Gasteiger partial charge in [0.1, 0.15) is 18.7 Å². The molecule has 0 aliphatic rings. The monoisotopic (exact) mass is 472 g/mol. The first kappa shape index (κ1) is 21.3. The van der Waals surface area contributed by atoms with Gasteiger partial charge in [-0.3, -0.25) is 14.4 Å². The van der Waals surface area contributed by atoms with Gasteiger partial charge in [0.15, 0.2) is 0 Å². The van der Waals surface area contributed by atoms with Crippen LogP contribution in [0.2, 0.25) is 0 Å². The first-order valence-corrected chi connectivity index (χ1v) is 9.65. The highest BCUT2D eigenvalue weighted by Gasteiger charge is 2.12. The SMILES string of the molecule is CC(=O)Nc1ccc2c(COC(=O)CNC(=O)c3ccc(Br)cc3)cc(=O)oc2c1. The summed E-state index contributed by atoms with van der Waals surface area (Å²) in [4.78, 5) is 47.1. The van der Waals surface area contributed by atoms with Gasteiger partial charge >= 0.3 is 11.6 Å². The largest absolute Gasteiger partial charge is 0.459 e. The second kappa shape index (κ2) is 9.36. The van der Waals surface area contributed by atoms with Crippen LogP contribution in [0, 0.1) is 0 Å². The third-order valence-corrected chi connectivity index (χ3v) is 4.57. The van der Waals surface area contributed by atoms with E-state index in [0.717, 1.165) is 4.47 Å². The zero-order valence-electron chi connectivity index (χ0n) is 15.9. The van der Waals surface area contributed by atoms with Crippen molar-refractivity contribution in [2.24, 2.45) is 0 Å². The minimum absolute atomic E-state index is 0.172. The molecule has 2 amide bonds. The van der Waals surface area contributed by atoms with Crippen LogP contribution >= 0.6 is 15.9 Å². The molecule has 30 heavy (non-hydrogen) atoms. The van der Waals surface area contributed by atoms with E-state index in [0.29, 0.717) is 22.2 Å². The lowest BCUT2D eigenvalue weighted by atomic mass is 10.1. The van der Waals surface area contributed by atoms with Crippen LogP contribution in [0.5, 0.6) is 0 Å². The topological polar surface area (TPSA) is 115 Å². The van der Waals surface area contributed by atoms with Crippen LogP contribution in [0.4, 0.5) is 5.69 Å². The molecule has 9 heteroatoms. The predicted octanol–water partition coefficient (Wildman–Crippen LogP) is 2.99. The Morgan fingerprint density at radius 3 is 2.50 bits per heavy atom. The molecule has 0 aliphatic carbocycles.